The average molecular weight is 796 g/mol. The van der Waals surface area contributed by atoms with Crippen LogP contribution in [-0.2, 0) is 0 Å². The molecule has 10 rings (SSSR count). The van der Waals surface area contributed by atoms with Crippen molar-refractivity contribution in [1.82, 2.24) is 24.9 Å². The van der Waals surface area contributed by atoms with Crippen LogP contribution in [-0.4, -0.2) is 24.9 Å². The van der Waals surface area contributed by atoms with Gasteiger partial charge in [0.1, 0.15) is 0 Å². The molecule has 0 aliphatic carbocycles. The molecule has 0 unspecified atom stereocenters. The number of benzene rings is 7. The zero-order valence-corrected chi connectivity index (χ0v) is 34.4. The number of rotatable bonds is 9. The minimum absolute atomic E-state index is 0.677. The molecule has 0 atom stereocenters. The number of hydrogen-bond donors (Lipinski definition) is 0. The molecule has 3 aromatic heterocycles. The fourth-order valence-electron chi connectivity index (χ4n) is 8.08. The van der Waals surface area contributed by atoms with E-state index in [0.717, 1.165) is 101 Å². The number of pyridine rings is 1. The summed E-state index contributed by atoms with van der Waals surface area (Å²) in [5.41, 5.74) is 17.9. The molecule has 0 fully saturated rings. The van der Waals surface area contributed by atoms with Crippen LogP contribution in [0.4, 0.5) is 0 Å². The van der Waals surface area contributed by atoms with Gasteiger partial charge in [0.05, 0.1) is 22.8 Å². The maximum absolute atomic E-state index is 5.27. The van der Waals surface area contributed by atoms with E-state index in [0.29, 0.717) is 11.6 Å². The van der Waals surface area contributed by atoms with E-state index in [9.17, 15) is 0 Å². The molecule has 62 heavy (non-hydrogen) atoms. The van der Waals surface area contributed by atoms with E-state index in [4.69, 9.17) is 24.9 Å². The number of hydrogen-bond acceptors (Lipinski definition) is 5. The molecule has 5 nitrogen and oxygen atoms in total. The maximum atomic E-state index is 5.27. The summed E-state index contributed by atoms with van der Waals surface area (Å²) in [6.07, 6.45) is 0. The lowest BCUT2D eigenvalue weighted by Gasteiger charge is -2.18. The smallest absolute Gasteiger partial charge is 0.160 e. The van der Waals surface area contributed by atoms with E-state index >= 15 is 0 Å². The fraction of sp³-hybridized carbons (Fsp3) is 0.0351. The second-order valence-electron chi connectivity index (χ2n) is 15.4. The summed E-state index contributed by atoms with van der Waals surface area (Å²) in [7, 11) is 0. The third-order valence-electron chi connectivity index (χ3n) is 11.2. The van der Waals surface area contributed by atoms with E-state index in [1.54, 1.807) is 0 Å². The van der Waals surface area contributed by atoms with Gasteiger partial charge in [-0.25, -0.2) is 19.9 Å². The summed E-state index contributed by atoms with van der Waals surface area (Å²) in [6, 6.07) is 73.5. The van der Waals surface area contributed by atoms with E-state index in [1.807, 2.05) is 79.7 Å². The van der Waals surface area contributed by atoms with Crippen LogP contribution in [0.3, 0.4) is 0 Å². The highest BCUT2D eigenvalue weighted by Crippen LogP contribution is 2.42. The van der Waals surface area contributed by atoms with Gasteiger partial charge < -0.3 is 0 Å². The first-order valence-corrected chi connectivity index (χ1v) is 20.8. The van der Waals surface area contributed by atoms with Crippen molar-refractivity contribution in [2.24, 2.45) is 0 Å². The van der Waals surface area contributed by atoms with Crippen LogP contribution in [0.1, 0.15) is 11.4 Å². The molecule has 0 spiro atoms. The predicted octanol–water partition coefficient (Wildman–Crippen LogP) is 14.3. The van der Waals surface area contributed by atoms with E-state index < -0.39 is 0 Å². The van der Waals surface area contributed by atoms with Crippen LogP contribution in [0.15, 0.2) is 212 Å². The molecule has 0 saturated heterocycles. The topological polar surface area (TPSA) is 64.5 Å². The predicted molar refractivity (Wildman–Crippen MR) is 254 cm³/mol. The molecule has 294 valence electrons. The summed E-state index contributed by atoms with van der Waals surface area (Å²) in [4.78, 5) is 25.4. The summed E-state index contributed by atoms with van der Waals surface area (Å²) in [5, 5.41) is 0. The van der Waals surface area contributed by atoms with Crippen LogP contribution in [0, 0.1) is 13.8 Å². The van der Waals surface area contributed by atoms with Gasteiger partial charge in [0.25, 0.3) is 0 Å². The van der Waals surface area contributed by atoms with Crippen molar-refractivity contribution in [3.63, 3.8) is 0 Å². The molecular formula is C57H41N5. The lowest BCUT2D eigenvalue weighted by Crippen LogP contribution is -1.98. The Morgan fingerprint density at radius 3 is 1.24 bits per heavy atom. The van der Waals surface area contributed by atoms with Crippen molar-refractivity contribution in [1.29, 1.82) is 0 Å². The van der Waals surface area contributed by atoms with E-state index in [1.165, 1.54) is 0 Å². The van der Waals surface area contributed by atoms with Gasteiger partial charge in [-0.1, -0.05) is 182 Å². The Labute approximate surface area is 362 Å². The highest BCUT2D eigenvalue weighted by Gasteiger charge is 2.19. The second-order valence-corrected chi connectivity index (χ2v) is 15.4. The monoisotopic (exact) mass is 795 g/mol. The molecule has 0 aliphatic heterocycles. The highest BCUT2D eigenvalue weighted by molar-refractivity contribution is 5.94. The molecule has 7 aromatic carbocycles. The Hall–Kier alpha value is -8.15. The van der Waals surface area contributed by atoms with Gasteiger partial charge in [-0.05, 0) is 72.0 Å². The zero-order valence-electron chi connectivity index (χ0n) is 34.4. The van der Waals surface area contributed by atoms with Gasteiger partial charge in [0.2, 0.25) is 0 Å². The Balaban J connectivity index is 1.14. The van der Waals surface area contributed by atoms with Crippen molar-refractivity contribution >= 4 is 0 Å². The van der Waals surface area contributed by atoms with Crippen LogP contribution >= 0.6 is 0 Å². The summed E-state index contributed by atoms with van der Waals surface area (Å²) < 4.78 is 0. The molecule has 0 radical (unpaired) electrons. The van der Waals surface area contributed by atoms with Crippen molar-refractivity contribution in [2.45, 2.75) is 13.8 Å². The Morgan fingerprint density at radius 1 is 0.242 bits per heavy atom. The number of nitrogens with zero attached hydrogens (tertiary/aromatic N) is 5. The lowest BCUT2D eigenvalue weighted by atomic mass is 9.87. The van der Waals surface area contributed by atoms with Crippen LogP contribution in [0.25, 0.3) is 101 Å². The normalized spacial score (nSPS) is 11.1. The maximum Gasteiger partial charge on any atom is 0.160 e. The molecule has 10 aromatic rings. The quantitative estimate of drug-likeness (QED) is 0.146. The van der Waals surface area contributed by atoms with Gasteiger partial charge >= 0.3 is 0 Å². The highest BCUT2D eigenvalue weighted by atomic mass is 14.9. The molecule has 5 heteroatoms. The standard InChI is InChI=1S/C57H41N5/c1-38-30-32-47(39(2)58-38)49-33-31-45(44-26-17-27-46(34-44)54-36-52(40-18-7-3-8-19-40)59-56(61-54)42-22-11-5-12-23-42)35-51(49)48-28-15-16-29-50(48)55-37-53(41-20-9-4-10-21-41)60-57(62-55)43-24-13-6-14-25-43/h3-37H,1-2H3. The number of aryl methyl sites for hydroxylation is 2. The summed E-state index contributed by atoms with van der Waals surface area (Å²) in [6.45, 7) is 4.13. The first kappa shape index (κ1) is 38.1. The minimum atomic E-state index is 0.677. The second kappa shape index (κ2) is 16.8. The largest absolute Gasteiger partial charge is 0.258 e. The third kappa shape index (κ3) is 7.83. The molecule has 0 aliphatic rings. The molecule has 3 heterocycles. The zero-order chi connectivity index (χ0) is 41.8. The van der Waals surface area contributed by atoms with Gasteiger partial charge in [-0.3, -0.25) is 4.98 Å². The lowest BCUT2D eigenvalue weighted by molar-refractivity contribution is 1.13. The molecular weight excluding hydrogens is 755 g/mol. The van der Waals surface area contributed by atoms with Crippen LogP contribution in [0.2, 0.25) is 0 Å². The molecule has 0 saturated carbocycles. The van der Waals surface area contributed by atoms with Crippen molar-refractivity contribution in [3.8, 4) is 101 Å². The molecule has 0 N–H and O–H groups in total. The number of aromatic nitrogens is 5. The summed E-state index contributed by atoms with van der Waals surface area (Å²) >= 11 is 0. The third-order valence-corrected chi connectivity index (χ3v) is 11.2. The van der Waals surface area contributed by atoms with Gasteiger partial charge in [0.15, 0.2) is 11.6 Å². The van der Waals surface area contributed by atoms with Crippen molar-refractivity contribution < 1.29 is 0 Å². The van der Waals surface area contributed by atoms with Gasteiger partial charge in [-0.15, -0.1) is 0 Å². The minimum Gasteiger partial charge on any atom is -0.258 e. The Morgan fingerprint density at radius 2 is 0.661 bits per heavy atom. The van der Waals surface area contributed by atoms with Crippen molar-refractivity contribution in [2.75, 3.05) is 0 Å². The first-order valence-electron chi connectivity index (χ1n) is 20.8. The summed E-state index contributed by atoms with van der Waals surface area (Å²) in [5.74, 6) is 1.37. The van der Waals surface area contributed by atoms with Gasteiger partial charge in [-0.2, -0.15) is 0 Å². The van der Waals surface area contributed by atoms with E-state index in [-0.39, 0.29) is 0 Å². The molecule has 0 bridgehead atoms. The van der Waals surface area contributed by atoms with Gasteiger partial charge in [0, 0.05) is 50.3 Å². The first-order chi connectivity index (χ1) is 30.5. The Bertz CT molecular complexity index is 3070. The van der Waals surface area contributed by atoms with E-state index in [2.05, 4.69) is 146 Å². The SMILES string of the molecule is Cc1ccc(-c2ccc(-c3cccc(-c4cc(-c5ccccc5)nc(-c5ccccc5)n4)c3)cc2-c2ccccc2-c2cc(-c3ccccc3)nc(-c3ccccc3)n2)c(C)n1. The van der Waals surface area contributed by atoms with Crippen molar-refractivity contribution in [3.05, 3.63) is 224 Å². The van der Waals surface area contributed by atoms with Crippen LogP contribution in [0.5, 0.6) is 0 Å². The molecule has 0 amide bonds. The van der Waals surface area contributed by atoms with Crippen LogP contribution < -0.4 is 0 Å². The fourth-order valence-corrected chi connectivity index (χ4v) is 8.08. The average Bonchev–Trinajstić information content (AvgIpc) is 3.35. The Kier molecular flexibility index (Phi) is 10.3.